The van der Waals surface area contributed by atoms with Gasteiger partial charge in [-0.2, -0.15) is 0 Å². The zero-order valence-corrected chi connectivity index (χ0v) is 18.3. The molecular weight excluding hydrogens is 309 g/mol. The maximum absolute atomic E-state index is 6.86. The molecular formula is C21H44AlNO. The van der Waals surface area contributed by atoms with E-state index in [4.69, 9.17) is 3.79 Å². The van der Waals surface area contributed by atoms with E-state index in [2.05, 4.69) is 32.7 Å². The molecule has 0 aromatic heterocycles. The minimum absolute atomic E-state index is 0.563. The number of hydrogen-bond donors (Lipinski definition) is 0. The van der Waals surface area contributed by atoms with Crippen molar-refractivity contribution >= 4 is 14.5 Å². The molecule has 1 aliphatic heterocycles. The van der Waals surface area contributed by atoms with Crippen LogP contribution in [0.4, 0.5) is 0 Å². The second-order valence-electron chi connectivity index (χ2n) is 8.04. The third-order valence-corrected chi connectivity index (χ3v) is 8.66. The molecule has 1 aliphatic rings. The van der Waals surface area contributed by atoms with Gasteiger partial charge in [-0.25, -0.2) is 0 Å². The Kier molecular flexibility index (Phi) is 13.7. The molecule has 1 fully saturated rings. The van der Waals surface area contributed by atoms with Crippen LogP contribution < -0.4 is 0 Å². The third kappa shape index (κ3) is 9.81. The van der Waals surface area contributed by atoms with Crippen LogP contribution in [0.25, 0.3) is 0 Å². The molecule has 0 spiro atoms. The van der Waals surface area contributed by atoms with Gasteiger partial charge >= 0.3 is 14.5 Å². The van der Waals surface area contributed by atoms with Crippen molar-refractivity contribution in [1.29, 1.82) is 0 Å². The summed E-state index contributed by atoms with van der Waals surface area (Å²) in [5.74, 6) is 0.826. The third-order valence-electron chi connectivity index (χ3n) is 5.82. The fourth-order valence-corrected chi connectivity index (χ4v) is 7.02. The number of piperidine rings is 1. The van der Waals surface area contributed by atoms with Crippen molar-refractivity contribution in [2.45, 2.75) is 108 Å². The topological polar surface area (TPSA) is 12.5 Å². The predicted molar refractivity (Wildman–Crippen MR) is 109 cm³/mol. The molecule has 1 atom stereocenters. The highest BCUT2D eigenvalue weighted by atomic mass is 27.2. The van der Waals surface area contributed by atoms with E-state index < -0.39 is 14.5 Å². The van der Waals surface area contributed by atoms with Crippen molar-refractivity contribution in [3.63, 3.8) is 0 Å². The van der Waals surface area contributed by atoms with Gasteiger partial charge in [-0.1, -0.05) is 82.7 Å². The van der Waals surface area contributed by atoms with Crippen LogP contribution in [0.5, 0.6) is 0 Å². The van der Waals surface area contributed by atoms with E-state index in [0.29, 0.717) is 6.10 Å². The first-order valence-corrected chi connectivity index (χ1v) is 13.2. The number of likely N-dealkylation sites (tertiary alicyclic amines) is 1. The van der Waals surface area contributed by atoms with Crippen LogP contribution in [0.2, 0.25) is 10.6 Å². The molecule has 0 saturated carbocycles. The molecule has 0 aliphatic carbocycles. The summed E-state index contributed by atoms with van der Waals surface area (Å²) in [5, 5.41) is 2.85. The lowest BCUT2D eigenvalue weighted by Crippen LogP contribution is -2.38. The summed E-state index contributed by atoms with van der Waals surface area (Å²) in [6.45, 7) is 9.50. The van der Waals surface area contributed by atoms with Gasteiger partial charge in [0.1, 0.15) is 0 Å². The van der Waals surface area contributed by atoms with Crippen molar-refractivity contribution in [2.24, 2.45) is 5.92 Å². The van der Waals surface area contributed by atoms with E-state index in [-0.39, 0.29) is 0 Å². The van der Waals surface area contributed by atoms with E-state index in [1.54, 1.807) is 0 Å². The molecule has 1 saturated heterocycles. The lowest BCUT2D eigenvalue weighted by atomic mass is 9.90. The fourth-order valence-electron chi connectivity index (χ4n) is 4.07. The van der Waals surface area contributed by atoms with Crippen LogP contribution in [0.1, 0.15) is 91.4 Å². The Bertz CT molecular complexity index is 267. The molecule has 24 heavy (non-hydrogen) atoms. The predicted octanol–water partition coefficient (Wildman–Crippen LogP) is 6.28. The average Bonchev–Trinajstić information content (AvgIpc) is 2.60. The largest absolute Gasteiger partial charge is 0.498 e. The molecule has 1 rings (SSSR count). The van der Waals surface area contributed by atoms with Crippen LogP contribution in [-0.4, -0.2) is 45.6 Å². The molecule has 3 heteroatoms. The van der Waals surface area contributed by atoms with Crippen molar-refractivity contribution in [3.05, 3.63) is 0 Å². The highest BCUT2D eigenvalue weighted by molar-refractivity contribution is 6.51. The summed E-state index contributed by atoms with van der Waals surface area (Å²) in [6, 6.07) is 0. The second kappa shape index (κ2) is 14.6. The van der Waals surface area contributed by atoms with Crippen LogP contribution in [-0.2, 0) is 3.79 Å². The minimum Gasteiger partial charge on any atom is -0.498 e. The molecule has 0 bridgehead atoms. The molecule has 0 radical (unpaired) electrons. The molecule has 2 nitrogen and oxygen atoms in total. The smallest absolute Gasteiger partial charge is 0.460 e. The highest BCUT2D eigenvalue weighted by Crippen LogP contribution is 2.26. The normalized spacial score (nSPS) is 18.0. The summed E-state index contributed by atoms with van der Waals surface area (Å²) in [5.41, 5.74) is 0. The van der Waals surface area contributed by atoms with Crippen molar-refractivity contribution in [2.75, 3.05) is 20.1 Å². The van der Waals surface area contributed by atoms with Gasteiger partial charge in [-0.3, -0.25) is 0 Å². The van der Waals surface area contributed by atoms with Crippen molar-refractivity contribution < 1.29 is 3.79 Å². The van der Waals surface area contributed by atoms with E-state index >= 15 is 0 Å². The Morgan fingerprint density at radius 2 is 1.42 bits per heavy atom. The van der Waals surface area contributed by atoms with Crippen LogP contribution in [0.15, 0.2) is 0 Å². The van der Waals surface area contributed by atoms with Crippen molar-refractivity contribution in [3.8, 4) is 0 Å². The number of rotatable bonds is 14. The van der Waals surface area contributed by atoms with Gasteiger partial charge in [0, 0.05) is 6.10 Å². The molecule has 0 amide bonds. The first-order valence-electron chi connectivity index (χ1n) is 11.0. The maximum atomic E-state index is 6.86. The maximum Gasteiger partial charge on any atom is 0.460 e. The lowest BCUT2D eigenvalue weighted by molar-refractivity contribution is 0.0796. The van der Waals surface area contributed by atoms with Gasteiger partial charge in [-0.05, 0) is 45.3 Å². The van der Waals surface area contributed by atoms with Gasteiger partial charge in [0.05, 0.1) is 0 Å². The Balaban J connectivity index is 2.42. The summed E-state index contributed by atoms with van der Waals surface area (Å²) in [7, 11) is 2.26. The Morgan fingerprint density at radius 1 is 0.875 bits per heavy atom. The zero-order valence-electron chi connectivity index (χ0n) is 17.2. The number of nitrogens with zero attached hydrogens (tertiary/aromatic N) is 1. The first kappa shape index (κ1) is 22.5. The highest BCUT2D eigenvalue weighted by Gasteiger charge is 2.29. The summed E-state index contributed by atoms with van der Waals surface area (Å²) in [4.78, 5) is 2.48. The monoisotopic (exact) mass is 353 g/mol. The summed E-state index contributed by atoms with van der Waals surface area (Å²) < 4.78 is 6.86. The minimum atomic E-state index is -0.995. The van der Waals surface area contributed by atoms with E-state index in [0.717, 1.165) is 5.92 Å². The Morgan fingerprint density at radius 3 is 1.88 bits per heavy atom. The average molecular weight is 354 g/mol. The molecule has 1 unspecified atom stereocenters. The van der Waals surface area contributed by atoms with Gasteiger partial charge in [-0.15, -0.1) is 0 Å². The summed E-state index contributed by atoms with van der Waals surface area (Å²) >= 11 is -0.995. The Labute approximate surface area is 157 Å². The van der Waals surface area contributed by atoms with Gasteiger partial charge in [0.25, 0.3) is 0 Å². The van der Waals surface area contributed by atoms with Gasteiger partial charge in [0.15, 0.2) is 0 Å². The molecule has 0 aromatic rings. The van der Waals surface area contributed by atoms with E-state index in [1.165, 1.54) is 94.3 Å². The van der Waals surface area contributed by atoms with E-state index in [1.807, 2.05) is 0 Å². The lowest BCUT2D eigenvalue weighted by Gasteiger charge is -2.36. The quantitative estimate of drug-likeness (QED) is 0.269. The summed E-state index contributed by atoms with van der Waals surface area (Å²) in [6.07, 6.45) is 15.7. The molecule has 0 aromatic carbocycles. The second-order valence-corrected chi connectivity index (χ2v) is 10.7. The molecule has 142 valence electrons. The molecule has 1 heterocycles. The fraction of sp³-hybridized carbons (Fsp3) is 1.00. The number of unbranched alkanes of at least 4 members (excludes halogenated alkanes) is 6. The zero-order chi connectivity index (χ0) is 17.6. The van der Waals surface area contributed by atoms with Gasteiger partial charge in [0.2, 0.25) is 0 Å². The number of hydrogen-bond acceptors (Lipinski definition) is 2. The van der Waals surface area contributed by atoms with Crippen LogP contribution in [0.3, 0.4) is 0 Å². The molecule has 0 N–H and O–H groups in total. The van der Waals surface area contributed by atoms with Crippen molar-refractivity contribution in [1.82, 2.24) is 4.90 Å². The SMILES string of the molecule is CCCCC[CH2][Al]([CH2]CCCCC)[O]C(CC)C1CCN(C)CC1. The van der Waals surface area contributed by atoms with E-state index in [9.17, 15) is 0 Å². The van der Waals surface area contributed by atoms with Crippen LogP contribution in [0, 0.1) is 5.92 Å². The first-order chi connectivity index (χ1) is 11.7. The Hall–Kier alpha value is 0.452. The van der Waals surface area contributed by atoms with Crippen LogP contribution >= 0.6 is 0 Å². The van der Waals surface area contributed by atoms with Gasteiger partial charge < -0.3 is 8.69 Å². The standard InChI is InChI=1S/C9H18NO.2C6H13.Al/c1-3-9(11)8-4-6-10(2)7-5-8;2*1-3-5-6-4-2;/h8-9H,3-7H2,1-2H3;2*1,3-6H2,2H3;/q-1;;;+1.